The first-order valence-electron chi connectivity index (χ1n) is 16.5. The van der Waals surface area contributed by atoms with Gasteiger partial charge in [-0.25, -0.2) is 0 Å². The van der Waals surface area contributed by atoms with Gasteiger partial charge in [-0.3, -0.25) is 9.59 Å². The van der Waals surface area contributed by atoms with Gasteiger partial charge in [-0.2, -0.15) is 0 Å². The minimum absolute atomic E-state index is 0.0125. The van der Waals surface area contributed by atoms with E-state index in [2.05, 4.69) is 39.0 Å². The van der Waals surface area contributed by atoms with Gasteiger partial charge >= 0.3 is 5.97 Å². The molecule has 0 aromatic rings. The van der Waals surface area contributed by atoms with Gasteiger partial charge in [0.2, 0.25) is 5.91 Å². The number of ether oxygens (including phenoxy) is 4. The number of cyclic esters (lactones) is 1. The van der Waals surface area contributed by atoms with E-state index >= 15 is 0 Å². The summed E-state index contributed by atoms with van der Waals surface area (Å²) in [6.45, 7) is 10.9. The van der Waals surface area contributed by atoms with Crippen molar-refractivity contribution in [3.05, 3.63) is 59.8 Å². The summed E-state index contributed by atoms with van der Waals surface area (Å²) in [4.78, 5) is 27.6. The second kappa shape index (κ2) is 17.1. The number of esters is 1. The monoisotopic (exact) mass is 595 g/mol. The van der Waals surface area contributed by atoms with Crippen LogP contribution in [0.2, 0.25) is 0 Å². The SMILES string of the molecule is CC=C1CC2CC(=O)OC(C=CC=CC=C(C)CC(=O)N3CCOCC3)C(C)C=CC(C)CC3CCCC(CC(C1)O2)O3. The Hall–Kier alpha value is -2.48. The van der Waals surface area contributed by atoms with E-state index in [-0.39, 0.29) is 48.6 Å². The number of fused-ring (bicyclic) bond motifs is 4. The predicted molar refractivity (Wildman–Crippen MR) is 169 cm³/mol. The zero-order valence-corrected chi connectivity index (χ0v) is 26.7. The third-order valence-electron chi connectivity index (χ3n) is 8.99. The van der Waals surface area contributed by atoms with Gasteiger partial charge in [0.1, 0.15) is 6.10 Å². The van der Waals surface area contributed by atoms with Crippen molar-refractivity contribution in [1.29, 1.82) is 0 Å². The lowest BCUT2D eigenvalue weighted by Crippen LogP contribution is -2.40. The number of allylic oxidation sites excluding steroid dienone is 6. The highest BCUT2D eigenvalue weighted by atomic mass is 16.6. The lowest BCUT2D eigenvalue weighted by molar-refractivity contribution is -0.154. The average Bonchev–Trinajstić information content (AvgIpc) is 2.99. The molecular weight excluding hydrogens is 542 g/mol. The van der Waals surface area contributed by atoms with Gasteiger partial charge in [0.15, 0.2) is 0 Å². The van der Waals surface area contributed by atoms with Crippen molar-refractivity contribution in [2.45, 2.75) is 116 Å². The summed E-state index contributed by atoms with van der Waals surface area (Å²) in [5, 5.41) is 0. The molecule has 7 atom stereocenters. The quantitative estimate of drug-likeness (QED) is 0.201. The highest BCUT2D eigenvalue weighted by Gasteiger charge is 2.32. The molecule has 0 spiro atoms. The molecule has 0 saturated carbocycles. The highest BCUT2D eigenvalue weighted by molar-refractivity contribution is 5.78. The molecule has 43 heavy (non-hydrogen) atoms. The average molecular weight is 596 g/mol. The molecule has 0 aromatic heterocycles. The van der Waals surface area contributed by atoms with Crippen LogP contribution in [0.3, 0.4) is 0 Å². The largest absolute Gasteiger partial charge is 0.457 e. The maximum Gasteiger partial charge on any atom is 0.309 e. The molecule has 4 bridgehead atoms. The molecule has 3 fully saturated rings. The normalized spacial score (nSPS) is 34.6. The number of hydrogen-bond donors (Lipinski definition) is 0. The first-order valence-corrected chi connectivity index (χ1v) is 16.5. The molecular formula is C36H53NO6. The molecule has 7 heteroatoms. The van der Waals surface area contributed by atoms with Crippen molar-refractivity contribution >= 4 is 11.9 Å². The summed E-state index contributed by atoms with van der Waals surface area (Å²) in [5.41, 5.74) is 2.35. The first kappa shape index (κ1) is 33.4. The predicted octanol–water partition coefficient (Wildman–Crippen LogP) is 6.65. The topological polar surface area (TPSA) is 74.3 Å². The van der Waals surface area contributed by atoms with Crippen LogP contribution in [0, 0.1) is 11.8 Å². The Bertz CT molecular complexity index is 1070. The summed E-state index contributed by atoms with van der Waals surface area (Å²) in [5.74, 6) is 0.293. The Kier molecular flexibility index (Phi) is 13.3. The van der Waals surface area contributed by atoms with Crippen molar-refractivity contribution in [2.24, 2.45) is 11.8 Å². The standard InChI is InChI=1S/C36H53NO6/c1-5-29-22-32-24-31-12-9-11-30(41-31)20-27(3)14-15-28(4)34(43-36(39)25-33(23-29)42-32)13-8-6-7-10-26(2)21-35(38)37-16-18-40-19-17-37/h5-8,10,13-15,27-28,30-34H,9,11-12,16-25H2,1-4H3. The fraction of sp³-hybridized carbons (Fsp3) is 0.667. The zero-order valence-electron chi connectivity index (χ0n) is 26.7. The van der Waals surface area contributed by atoms with E-state index in [1.807, 2.05) is 42.2 Å². The van der Waals surface area contributed by atoms with Gasteiger partial charge in [0.05, 0.1) is 44.1 Å². The zero-order chi connectivity index (χ0) is 30.6. The molecule has 0 aliphatic carbocycles. The number of amides is 1. The molecule has 0 aromatic carbocycles. The fourth-order valence-corrected chi connectivity index (χ4v) is 6.51. The van der Waals surface area contributed by atoms with Crippen LogP contribution in [-0.4, -0.2) is 73.6 Å². The van der Waals surface area contributed by atoms with Crippen LogP contribution in [0.5, 0.6) is 0 Å². The van der Waals surface area contributed by atoms with Crippen LogP contribution in [-0.2, 0) is 28.5 Å². The molecule has 4 rings (SSSR count). The molecule has 7 unspecified atom stereocenters. The van der Waals surface area contributed by atoms with Crippen molar-refractivity contribution in [3.8, 4) is 0 Å². The van der Waals surface area contributed by atoms with Crippen LogP contribution in [0.1, 0.15) is 85.5 Å². The lowest BCUT2D eigenvalue weighted by Gasteiger charge is -2.37. The second-order valence-corrected chi connectivity index (χ2v) is 12.9. The van der Waals surface area contributed by atoms with E-state index in [1.54, 1.807) is 0 Å². The van der Waals surface area contributed by atoms with E-state index in [4.69, 9.17) is 18.9 Å². The van der Waals surface area contributed by atoms with Gasteiger partial charge < -0.3 is 23.8 Å². The summed E-state index contributed by atoms with van der Waals surface area (Å²) in [6, 6.07) is 0. The third kappa shape index (κ3) is 11.2. The lowest BCUT2D eigenvalue weighted by atomic mass is 9.90. The molecule has 0 radical (unpaired) electrons. The number of rotatable bonds is 5. The summed E-state index contributed by atoms with van der Waals surface area (Å²) in [7, 11) is 0. The molecule has 0 N–H and O–H groups in total. The summed E-state index contributed by atoms with van der Waals surface area (Å²) < 4.78 is 24.4. The summed E-state index contributed by atoms with van der Waals surface area (Å²) >= 11 is 0. The van der Waals surface area contributed by atoms with E-state index in [1.165, 1.54) is 12.0 Å². The molecule has 4 heterocycles. The van der Waals surface area contributed by atoms with E-state index in [0.29, 0.717) is 38.6 Å². The summed E-state index contributed by atoms with van der Waals surface area (Å²) in [6.07, 6.45) is 23.9. The molecule has 7 nitrogen and oxygen atoms in total. The fourth-order valence-electron chi connectivity index (χ4n) is 6.51. The van der Waals surface area contributed by atoms with Crippen LogP contribution in [0.4, 0.5) is 0 Å². The highest BCUT2D eigenvalue weighted by Crippen LogP contribution is 2.33. The second-order valence-electron chi connectivity index (χ2n) is 12.9. The number of hydrogen-bond acceptors (Lipinski definition) is 6. The van der Waals surface area contributed by atoms with Crippen molar-refractivity contribution in [1.82, 2.24) is 4.90 Å². The van der Waals surface area contributed by atoms with Crippen molar-refractivity contribution in [2.75, 3.05) is 26.3 Å². The maximum atomic E-state index is 13.2. The minimum atomic E-state index is -0.391. The van der Waals surface area contributed by atoms with E-state index < -0.39 is 6.10 Å². The van der Waals surface area contributed by atoms with E-state index in [9.17, 15) is 9.59 Å². The molecule has 4 aliphatic rings. The number of carbonyl (C=O) groups is 2. The van der Waals surface area contributed by atoms with Crippen LogP contribution < -0.4 is 0 Å². The van der Waals surface area contributed by atoms with Gasteiger partial charge in [0.25, 0.3) is 0 Å². The van der Waals surface area contributed by atoms with Gasteiger partial charge in [-0.05, 0) is 64.4 Å². The number of carbonyl (C=O) groups excluding carboxylic acids is 2. The number of morpholine rings is 1. The van der Waals surface area contributed by atoms with Crippen LogP contribution in [0.15, 0.2) is 59.8 Å². The van der Waals surface area contributed by atoms with Crippen LogP contribution >= 0.6 is 0 Å². The van der Waals surface area contributed by atoms with Crippen LogP contribution in [0.25, 0.3) is 0 Å². The Morgan fingerprint density at radius 1 is 0.930 bits per heavy atom. The Labute approximate surface area is 259 Å². The van der Waals surface area contributed by atoms with E-state index in [0.717, 1.165) is 44.1 Å². The maximum absolute atomic E-state index is 13.2. The first-order chi connectivity index (χ1) is 20.8. The van der Waals surface area contributed by atoms with Gasteiger partial charge in [0, 0.05) is 31.8 Å². The Morgan fingerprint density at radius 2 is 1.65 bits per heavy atom. The Balaban J connectivity index is 1.42. The molecule has 1 amide bonds. The Morgan fingerprint density at radius 3 is 2.42 bits per heavy atom. The van der Waals surface area contributed by atoms with Crippen molar-refractivity contribution in [3.63, 3.8) is 0 Å². The molecule has 4 aliphatic heterocycles. The third-order valence-corrected chi connectivity index (χ3v) is 8.99. The minimum Gasteiger partial charge on any atom is -0.457 e. The number of nitrogens with zero attached hydrogens (tertiary/aromatic N) is 1. The van der Waals surface area contributed by atoms with Gasteiger partial charge in [-0.1, -0.05) is 67.5 Å². The van der Waals surface area contributed by atoms with Crippen molar-refractivity contribution < 1.29 is 28.5 Å². The molecule has 3 saturated heterocycles. The molecule has 238 valence electrons. The smallest absolute Gasteiger partial charge is 0.309 e. The van der Waals surface area contributed by atoms with Gasteiger partial charge in [-0.15, -0.1) is 0 Å².